The molecule has 0 aromatic carbocycles. The molecule has 1 aromatic rings. The van der Waals surface area contributed by atoms with E-state index in [2.05, 4.69) is 23.2 Å². The van der Waals surface area contributed by atoms with Gasteiger partial charge < -0.3 is 14.5 Å². The molecule has 0 bridgehead atoms. The minimum Gasteiger partial charge on any atom is -0.465 e. The first-order valence-electron chi connectivity index (χ1n) is 6.93. The van der Waals surface area contributed by atoms with Crippen molar-refractivity contribution in [2.45, 2.75) is 38.9 Å². The number of hydrogen-bond donors (Lipinski definition) is 1. The number of furan rings is 1. The first-order valence-corrected chi connectivity index (χ1v) is 6.93. The Labute approximate surface area is 108 Å². The second-order valence-electron chi connectivity index (χ2n) is 5.34. The SMILES string of the molecule is Cc1oc(CNC2CC2)cc1CN1CCOCC1. The van der Waals surface area contributed by atoms with E-state index in [-0.39, 0.29) is 0 Å². The van der Waals surface area contributed by atoms with Crippen LogP contribution >= 0.6 is 0 Å². The van der Waals surface area contributed by atoms with Crippen LogP contribution in [-0.4, -0.2) is 37.2 Å². The van der Waals surface area contributed by atoms with Crippen LogP contribution in [-0.2, 0) is 17.8 Å². The molecule has 0 unspecified atom stereocenters. The van der Waals surface area contributed by atoms with Gasteiger partial charge in [0.15, 0.2) is 0 Å². The molecule has 1 aliphatic carbocycles. The average Bonchev–Trinajstić information content (AvgIpc) is 3.15. The van der Waals surface area contributed by atoms with Gasteiger partial charge in [0, 0.05) is 31.2 Å². The van der Waals surface area contributed by atoms with Crippen molar-refractivity contribution in [3.05, 3.63) is 23.2 Å². The van der Waals surface area contributed by atoms with E-state index in [0.29, 0.717) is 0 Å². The van der Waals surface area contributed by atoms with Gasteiger partial charge in [0.05, 0.1) is 19.8 Å². The van der Waals surface area contributed by atoms with Crippen molar-refractivity contribution in [1.29, 1.82) is 0 Å². The minimum absolute atomic E-state index is 0.734. The van der Waals surface area contributed by atoms with Gasteiger partial charge in [-0.2, -0.15) is 0 Å². The van der Waals surface area contributed by atoms with Crippen LogP contribution in [0.3, 0.4) is 0 Å². The molecule has 2 aliphatic rings. The first kappa shape index (κ1) is 12.2. The Hall–Kier alpha value is -0.840. The van der Waals surface area contributed by atoms with Gasteiger partial charge in [-0.1, -0.05) is 0 Å². The average molecular weight is 250 g/mol. The van der Waals surface area contributed by atoms with Crippen LogP contribution in [0.1, 0.15) is 29.9 Å². The van der Waals surface area contributed by atoms with Gasteiger partial charge in [-0.05, 0) is 25.8 Å². The van der Waals surface area contributed by atoms with Crippen LogP contribution in [0.15, 0.2) is 10.5 Å². The standard InChI is InChI=1S/C14H22N2O2/c1-11-12(10-16-4-6-17-7-5-16)8-14(18-11)9-15-13-2-3-13/h8,13,15H,2-7,9-10H2,1H3. The van der Waals surface area contributed by atoms with E-state index in [0.717, 1.165) is 57.0 Å². The zero-order valence-electron chi connectivity index (χ0n) is 11.1. The lowest BCUT2D eigenvalue weighted by atomic mass is 10.2. The fraction of sp³-hybridized carbons (Fsp3) is 0.714. The fourth-order valence-corrected chi connectivity index (χ4v) is 2.36. The zero-order chi connectivity index (χ0) is 12.4. The molecule has 0 spiro atoms. The second-order valence-corrected chi connectivity index (χ2v) is 5.34. The summed E-state index contributed by atoms with van der Waals surface area (Å²) in [6.45, 7) is 7.69. The van der Waals surface area contributed by atoms with Crippen LogP contribution in [0.5, 0.6) is 0 Å². The molecule has 0 radical (unpaired) electrons. The van der Waals surface area contributed by atoms with E-state index in [1.54, 1.807) is 0 Å². The van der Waals surface area contributed by atoms with Crippen molar-refractivity contribution in [2.24, 2.45) is 0 Å². The normalized spacial score (nSPS) is 21.4. The zero-order valence-corrected chi connectivity index (χ0v) is 11.1. The van der Waals surface area contributed by atoms with E-state index in [1.807, 2.05) is 0 Å². The van der Waals surface area contributed by atoms with Gasteiger partial charge in [-0.25, -0.2) is 0 Å². The third-order valence-corrected chi connectivity index (χ3v) is 3.71. The quantitative estimate of drug-likeness (QED) is 0.862. The Morgan fingerprint density at radius 2 is 2.11 bits per heavy atom. The summed E-state index contributed by atoms with van der Waals surface area (Å²) in [5, 5.41) is 3.49. The third-order valence-electron chi connectivity index (χ3n) is 3.71. The van der Waals surface area contributed by atoms with Gasteiger partial charge in [-0.15, -0.1) is 0 Å². The van der Waals surface area contributed by atoms with Crippen molar-refractivity contribution in [3.8, 4) is 0 Å². The topological polar surface area (TPSA) is 37.6 Å². The Balaban J connectivity index is 1.56. The summed E-state index contributed by atoms with van der Waals surface area (Å²) >= 11 is 0. The van der Waals surface area contributed by atoms with Gasteiger partial charge >= 0.3 is 0 Å². The molecule has 1 aromatic heterocycles. The highest BCUT2D eigenvalue weighted by molar-refractivity contribution is 5.21. The summed E-state index contributed by atoms with van der Waals surface area (Å²) < 4.78 is 11.2. The maximum absolute atomic E-state index is 5.81. The third kappa shape index (κ3) is 3.13. The molecule has 2 fully saturated rings. The molecule has 0 amide bonds. The summed E-state index contributed by atoms with van der Waals surface area (Å²) in [6, 6.07) is 2.94. The van der Waals surface area contributed by atoms with Crippen molar-refractivity contribution in [2.75, 3.05) is 26.3 Å². The Morgan fingerprint density at radius 1 is 1.33 bits per heavy atom. The summed E-state index contributed by atoms with van der Waals surface area (Å²) in [6.07, 6.45) is 2.64. The van der Waals surface area contributed by atoms with E-state index in [1.165, 1.54) is 18.4 Å². The molecule has 18 heavy (non-hydrogen) atoms. The highest BCUT2D eigenvalue weighted by Gasteiger charge is 2.21. The van der Waals surface area contributed by atoms with Gasteiger partial charge in [-0.3, -0.25) is 4.90 Å². The summed E-state index contributed by atoms with van der Waals surface area (Å²) in [5.74, 6) is 2.14. The second kappa shape index (κ2) is 5.43. The highest BCUT2D eigenvalue weighted by atomic mass is 16.5. The van der Waals surface area contributed by atoms with Gasteiger partial charge in [0.1, 0.15) is 11.5 Å². The lowest BCUT2D eigenvalue weighted by molar-refractivity contribution is 0.0340. The molecule has 4 heteroatoms. The molecule has 1 saturated heterocycles. The van der Waals surface area contributed by atoms with E-state index in [9.17, 15) is 0 Å². The van der Waals surface area contributed by atoms with Crippen LogP contribution < -0.4 is 5.32 Å². The number of rotatable bonds is 5. The Morgan fingerprint density at radius 3 is 2.83 bits per heavy atom. The maximum Gasteiger partial charge on any atom is 0.118 e. The van der Waals surface area contributed by atoms with Crippen molar-refractivity contribution in [1.82, 2.24) is 10.2 Å². The van der Waals surface area contributed by atoms with E-state index < -0.39 is 0 Å². The van der Waals surface area contributed by atoms with Crippen molar-refractivity contribution < 1.29 is 9.15 Å². The number of aryl methyl sites for hydroxylation is 1. The molecular formula is C14H22N2O2. The fourth-order valence-electron chi connectivity index (χ4n) is 2.36. The van der Waals surface area contributed by atoms with Crippen LogP contribution in [0.25, 0.3) is 0 Å². The number of ether oxygens (including phenoxy) is 1. The lowest BCUT2D eigenvalue weighted by Crippen LogP contribution is -2.35. The molecule has 4 nitrogen and oxygen atoms in total. The van der Waals surface area contributed by atoms with E-state index in [4.69, 9.17) is 9.15 Å². The Kier molecular flexibility index (Phi) is 3.68. The van der Waals surface area contributed by atoms with Crippen LogP contribution in [0, 0.1) is 6.92 Å². The predicted molar refractivity (Wildman–Crippen MR) is 69.4 cm³/mol. The molecule has 1 saturated carbocycles. The summed E-state index contributed by atoms with van der Waals surface area (Å²) in [4.78, 5) is 2.43. The first-order chi connectivity index (χ1) is 8.81. The molecule has 2 heterocycles. The van der Waals surface area contributed by atoms with Crippen molar-refractivity contribution in [3.63, 3.8) is 0 Å². The number of morpholine rings is 1. The van der Waals surface area contributed by atoms with Gasteiger partial charge in [0.2, 0.25) is 0 Å². The number of hydrogen-bond acceptors (Lipinski definition) is 4. The monoisotopic (exact) mass is 250 g/mol. The molecule has 0 atom stereocenters. The molecule has 100 valence electrons. The molecular weight excluding hydrogens is 228 g/mol. The van der Waals surface area contributed by atoms with Crippen LogP contribution in [0.4, 0.5) is 0 Å². The Bertz CT molecular complexity index is 392. The van der Waals surface area contributed by atoms with Crippen LogP contribution in [0.2, 0.25) is 0 Å². The lowest BCUT2D eigenvalue weighted by Gasteiger charge is -2.26. The molecule has 1 aliphatic heterocycles. The minimum atomic E-state index is 0.734. The maximum atomic E-state index is 5.81. The van der Waals surface area contributed by atoms with E-state index >= 15 is 0 Å². The smallest absolute Gasteiger partial charge is 0.118 e. The highest BCUT2D eigenvalue weighted by Crippen LogP contribution is 2.21. The summed E-state index contributed by atoms with van der Waals surface area (Å²) in [5.41, 5.74) is 1.32. The van der Waals surface area contributed by atoms with Gasteiger partial charge in [0.25, 0.3) is 0 Å². The molecule has 1 N–H and O–H groups in total. The van der Waals surface area contributed by atoms with Crippen molar-refractivity contribution >= 4 is 0 Å². The number of nitrogens with zero attached hydrogens (tertiary/aromatic N) is 1. The predicted octanol–water partition coefficient (Wildman–Crippen LogP) is 1.67. The molecule has 3 rings (SSSR count). The number of nitrogens with one attached hydrogen (secondary N) is 1. The summed E-state index contributed by atoms with van der Waals surface area (Å²) in [7, 11) is 0. The largest absolute Gasteiger partial charge is 0.465 e.